The quantitative estimate of drug-likeness (QED) is 0.899. The number of carbonyl (C=O) groups is 1. The van der Waals surface area contributed by atoms with Crippen LogP contribution in [0.2, 0.25) is 0 Å². The van der Waals surface area contributed by atoms with Gasteiger partial charge >= 0.3 is 0 Å². The summed E-state index contributed by atoms with van der Waals surface area (Å²) in [7, 11) is 0. The summed E-state index contributed by atoms with van der Waals surface area (Å²) < 4.78 is 5.39. The number of likely N-dealkylation sites (tertiary alicyclic amines) is 1. The van der Waals surface area contributed by atoms with Crippen LogP contribution in [-0.4, -0.2) is 37.0 Å². The third-order valence-electron chi connectivity index (χ3n) is 3.57. The average Bonchev–Trinajstić information content (AvgIpc) is 2.76. The van der Waals surface area contributed by atoms with E-state index >= 15 is 0 Å². The van der Waals surface area contributed by atoms with Gasteiger partial charge in [0, 0.05) is 18.8 Å². The third-order valence-corrected chi connectivity index (χ3v) is 3.57. The first-order chi connectivity index (χ1) is 9.79. The van der Waals surface area contributed by atoms with Gasteiger partial charge in [-0.15, -0.1) is 0 Å². The molecule has 0 saturated carbocycles. The fourth-order valence-corrected chi connectivity index (χ4v) is 2.45. The molecule has 0 spiro atoms. The van der Waals surface area contributed by atoms with Gasteiger partial charge in [0.05, 0.1) is 13.2 Å². The van der Waals surface area contributed by atoms with E-state index < -0.39 is 0 Å². The van der Waals surface area contributed by atoms with E-state index in [4.69, 9.17) is 4.74 Å². The molecule has 0 aromatic heterocycles. The van der Waals surface area contributed by atoms with E-state index in [2.05, 4.69) is 5.32 Å². The van der Waals surface area contributed by atoms with Gasteiger partial charge in [-0.05, 0) is 44.0 Å². The van der Waals surface area contributed by atoms with Crippen LogP contribution in [0.15, 0.2) is 24.3 Å². The average molecular weight is 276 g/mol. The SMILES string of the molecule is CCOc1ccc(NCC(=O)N2CCCCCC2)cc1. The highest BCUT2D eigenvalue weighted by molar-refractivity contribution is 5.80. The lowest BCUT2D eigenvalue weighted by atomic mass is 10.2. The van der Waals surface area contributed by atoms with E-state index in [1.54, 1.807) is 0 Å². The summed E-state index contributed by atoms with van der Waals surface area (Å²) in [5.74, 6) is 1.05. The maximum Gasteiger partial charge on any atom is 0.241 e. The Balaban J connectivity index is 1.80. The summed E-state index contributed by atoms with van der Waals surface area (Å²) in [6, 6.07) is 7.73. The van der Waals surface area contributed by atoms with Crippen molar-refractivity contribution < 1.29 is 9.53 Å². The van der Waals surface area contributed by atoms with Gasteiger partial charge in [-0.3, -0.25) is 4.79 Å². The van der Waals surface area contributed by atoms with Crippen LogP contribution in [0, 0.1) is 0 Å². The molecule has 20 heavy (non-hydrogen) atoms. The lowest BCUT2D eigenvalue weighted by Gasteiger charge is -2.20. The molecule has 0 unspecified atom stereocenters. The molecular weight excluding hydrogens is 252 g/mol. The Bertz CT molecular complexity index is 409. The number of carbonyl (C=O) groups excluding carboxylic acids is 1. The normalized spacial score (nSPS) is 15.6. The molecule has 110 valence electrons. The Hall–Kier alpha value is -1.71. The van der Waals surface area contributed by atoms with Crippen LogP contribution < -0.4 is 10.1 Å². The van der Waals surface area contributed by atoms with E-state index in [1.807, 2.05) is 36.1 Å². The third kappa shape index (κ3) is 4.44. The highest BCUT2D eigenvalue weighted by Gasteiger charge is 2.14. The Morgan fingerprint density at radius 2 is 1.80 bits per heavy atom. The number of nitrogens with one attached hydrogen (secondary N) is 1. The molecule has 0 atom stereocenters. The molecule has 1 aliphatic heterocycles. The molecule has 1 amide bonds. The molecule has 1 aromatic carbocycles. The van der Waals surface area contributed by atoms with Gasteiger partial charge in [0.2, 0.25) is 5.91 Å². The van der Waals surface area contributed by atoms with Crippen LogP contribution in [0.25, 0.3) is 0 Å². The minimum absolute atomic E-state index is 0.195. The molecule has 1 N–H and O–H groups in total. The van der Waals surface area contributed by atoms with E-state index in [0.29, 0.717) is 13.2 Å². The second-order valence-corrected chi connectivity index (χ2v) is 5.11. The predicted molar refractivity (Wildman–Crippen MR) is 81.1 cm³/mol. The maximum atomic E-state index is 12.1. The molecule has 0 radical (unpaired) electrons. The first-order valence-corrected chi connectivity index (χ1v) is 7.54. The molecule has 1 saturated heterocycles. The number of ether oxygens (including phenoxy) is 1. The molecular formula is C16H24N2O2. The Morgan fingerprint density at radius 3 is 2.40 bits per heavy atom. The number of hydrogen-bond donors (Lipinski definition) is 1. The zero-order chi connectivity index (χ0) is 14.2. The van der Waals surface area contributed by atoms with Crippen LogP contribution in [0.3, 0.4) is 0 Å². The second-order valence-electron chi connectivity index (χ2n) is 5.11. The predicted octanol–water partition coefficient (Wildman–Crippen LogP) is 2.90. The topological polar surface area (TPSA) is 41.6 Å². The molecule has 0 bridgehead atoms. The Morgan fingerprint density at radius 1 is 1.15 bits per heavy atom. The molecule has 4 heteroatoms. The zero-order valence-electron chi connectivity index (χ0n) is 12.2. The summed E-state index contributed by atoms with van der Waals surface area (Å²) >= 11 is 0. The first kappa shape index (κ1) is 14.7. The molecule has 1 aliphatic rings. The van der Waals surface area contributed by atoms with Gasteiger partial charge < -0.3 is 15.0 Å². The Labute approximate surface area is 121 Å². The van der Waals surface area contributed by atoms with Crippen molar-refractivity contribution in [3.05, 3.63) is 24.3 Å². The zero-order valence-corrected chi connectivity index (χ0v) is 12.2. The summed E-state index contributed by atoms with van der Waals surface area (Å²) in [5.41, 5.74) is 0.955. The van der Waals surface area contributed by atoms with Crippen LogP contribution in [0.5, 0.6) is 5.75 Å². The summed E-state index contributed by atoms with van der Waals surface area (Å²) in [6.07, 6.45) is 4.76. The number of benzene rings is 1. The molecule has 1 aromatic rings. The van der Waals surface area contributed by atoms with Crippen molar-refractivity contribution in [2.45, 2.75) is 32.6 Å². The van der Waals surface area contributed by atoms with Crippen molar-refractivity contribution in [3.63, 3.8) is 0 Å². The lowest BCUT2D eigenvalue weighted by Crippen LogP contribution is -2.36. The van der Waals surface area contributed by atoms with Crippen molar-refractivity contribution in [2.75, 3.05) is 31.6 Å². The summed E-state index contributed by atoms with van der Waals surface area (Å²) in [4.78, 5) is 14.1. The maximum absolute atomic E-state index is 12.1. The van der Waals surface area contributed by atoms with Crippen LogP contribution >= 0.6 is 0 Å². The highest BCUT2D eigenvalue weighted by Crippen LogP contribution is 2.15. The number of nitrogens with zero attached hydrogens (tertiary/aromatic N) is 1. The number of amides is 1. The summed E-state index contributed by atoms with van der Waals surface area (Å²) in [6.45, 7) is 4.81. The van der Waals surface area contributed by atoms with Gasteiger partial charge in [-0.2, -0.15) is 0 Å². The van der Waals surface area contributed by atoms with E-state index in [0.717, 1.165) is 37.4 Å². The summed E-state index contributed by atoms with van der Waals surface area (Å²) in [5, 5.41) is 3.18. The molecule has 4 nitrogen and oxygen atoms in total. The van der Waals surface area contributed by atoms with Gasteiger partial charge in [0.25, 0.3) is 0 Å². The largest absolute Gasteiger partial charge is 0.494 e. The molecule has 2 rings (SSSR count). The van der Waals surface area contributed by atoms with Crippen LogP contribution in [0.4, 0.5) is 5.69 Å². The van der Waals surface area contributed by atoms with Gasteiger partial charge in [-0.25, -0.2) is 0 Å². The minimum atomic E-state index is 0.195. The molecule has 0 aliphatic carbocycles. The second kappa shape index (κ2) is 7.78. The van der Waals surface area contributed by atoms with Gasteiger partial charge in [-0.1, -0.05) is 12.8 Å². The fraction of sp³-hybridized carbons (Fsp3) is 0.562. The minimum Gasteiger partial charge on any atom is -0.494 e. The highest BCUT2D eigenvalue weighted by atomic mass is 16.5. The van der Waals surface area contributed by atoms with Crippen molar-refractivity contribution in [1.82, 2.24) is 4.90 Å². The van der Waals surface area contributed by atoms with Gasteiger partial charge in [0.15, 0.2) is 0 Å². The van der Waals surface area contributed by atoms with Crippen molar-refractivity contribution >= 4 is 11.6 Å². The monoisotopic (exact) mass is 276 g/mol. The van der Waals surface area contributed by atoms with E-state index in [1.165, 1.54) is 12.8 Å². The first-order valence-electron chi connectivity index (χ1n) is 7.54. The standard InChI is InChI=1S/C16H24N2O2/c1-2-20-15-9-7-14(8-10-15)17-13-16(19)18-11-5-3-4-6-12-18/h7-10,17H,2-6,11-13H2,1H3. The van der Waals surface area contributed by atoms with Crippen molar-refractivity contribution in [1.29, 1.82) is 0 Å². The van der Waals surface area contributed by atoms with Crippen LogP contribution in [-0.2, 0) is 4.79 Å². The number of anilines is 1. The van der Waals surface area contributed by atoms with E-state index in [-0.39, 0.29) is 5.91 Å². The lowest BCUT2D eigenvalue weighted by molar-refractivity contribution is -0.129. The molecule has 1 heterocycles. The smallest absolute Gasteiger partial charge is 0.241 e. The number of hydrogen-bond acceptors (Lipinski definition) is 3. The molecule has 1 fully saturated rings. The van der Waals surface area contributed by atoms with Crippen LogP contribution in [0.1, 0.15) is 32.6 Å². The van der Waals surface area contributed by atoms with Crippen molar-refractivity contribution in [2.24, 2.45) is 0 Å². The fourth-order valence-electron chi connectivity index (χ4n) is 2.45. The van der Waals surface area contributed by atoms with Crippen molar-refractivity contribution in [3.8, 4) is 5.75 Å². The van der Waals surface area contributed by atoms with E-state index in [9.17, 15) is 4.79 Å². The van der Waals surface area contributed by atoms with Gasteiger partial charge in [0.1, 0.15) is 5.75 Å². The number of rotatable bonds is 5. The Kier molecular flexibility index (Phi) is 5.71.